The van der Waals surface area contributed by atoms with Crippen LogP contribution in [0.5, 0.6) is 0 Å². The number of nitrogens with zero attached hydrogens (tertiary/aromatic N) is 3. The maximum atomic E-state index is 12.8. The molecule has 2 aliphatic heterocycles. The first-order chi connectivity index (χ1) is 29.1. The number of hydrogen-bond acceptors (Lipinski definition) is 11. The Balaban J connectivity index is 0.000000576. The van der Waals surface area contributed by atoms with Crippen molar-refractivity contribution in [3.8, 4) is 0 Å². The molecular weight excluding hydrogens is 950 g/mol. The first-order valence-corrected chi connectivity index (χ1v) is 22.3. The zero-order chi connectivity index (χ0) is 45.8. The van der Waals surface area contributed by atoms with Crippen LogP contribution >= 0.6 is 46.4 Å². The molecule has 2 aromatic carbocycles. The summed E-state index contributed by atoms with van der Waals surface area (Å²) in [5.41, 5.74) is 0.473. The molecule has 24 heteroatoms. The van der Waals surface area contributed by atoms with Crippen molar-refractivity contribution in [3.63, 3.8) is 0 Å². The van der Waals surface area contributed by atoms with Gasteiger partial charge in [0.2, 0.25) is 0 Å². The largest absolute Gasteiger partial charge is 0.444 e. The summed E-state index contributed by atoms with van der Waals surface area (Å²) >= 11 is 24.2. The van der Waals surface area contributed by atoms with Crippen LogP contribution in [0.3, 0.4) is 0 Å². The number of hydrogen-bond donors (Lipinski definition) is 8. The van der Waals surface area contributed by atoms with Gasteiger partial charge >= 0.3 is 6.09 Å². The van der Waals surface area contributed by atoms with Gasteiger partial charge in [-0.05, 0) is 83.8 Å². The van der Waals surface area contributed by atoms with E-state index in [1.54, 1.807) is 41.3 Å². The lowest BCUT2D eigenvalue weighted by Gasteiger charge is -2.33. The van der Waals surface area contributed by atoms with E-state index >= 15 is 0 Å². The van der Waals surface area contributed by atoms with Crippen molar-refractivity contribution < 1.29 is 41.7 Å². The molecule has 2 aromatic heterocycles. The van der Waals surface area contributed by atoms with Gasteiger partial charge < -0.3 is 36.2 Å². The smallest absolute Gasteiger partial charge is 0.410 e. The fourth-order valence-electron chi connectivity index (χ4n) is 5.92. The number of H-pyrrole nitrogens is 2. The molecule has 65 heavy (non-hydrogen) atoms. The lowest BCUT2D eigenvalue weighted by molar-refractivity contribution is 0.0199. The van der Waals surface area contributed by atoms with Crippen molar-refractivity contribution >= 4 is 97.6 Å². The van der Waals surface area contributed by atoms with Gasteiger partial charge in [0.05, 0.1) is 61.2 Å². The quantitative estimate of drug-likeness (QED) is 0.0782. The van der Waals surface area contributed by atoms with Gasteiger partial charge in [0, 0.05) is 25.2 Å². The van der Waals surface area contributed by atoms with Crippen LogP contribution in [0.15, 0.2) is 48.8 Å². The number of halogens is 4. The molecule has 8 N–H and O–H groups in total. The molecule has 0 radical (unpaired) electrons. The highest BCUT2D eigenvalue weighted by atomic mass is 35.5. The number of carbonyl (C=O) groups excluding carboxylic acids is 5. The van der Waals surface area contributed by atoms with E-state index in [1.807, 2.05) is 20.8 Å². The van der Waals surface area contributed by atoms with Crippen molar-refractivity contribution in [2.24, 2.45) is 0 Å². The monoisotopic (exact) mass is 1010 g/mol. The molecule has 4 aromatic rings. The summed E-state index contributed by atoms with van der Waals surface area (Å²) in [6, 6.07) is 9.49. The fourth-order valence-corrected chi connectivity index (χ4v) is 7.06. The number of likely N-dealkylation sites (tertiary alicyclic amines) is 1. The van der Waals surface area contributed by atoms with Crippen molar-refractivity contribution in [2.75, 3.05) is 43.1 Å². The predicted octanol–water partition coefficient (Wildman–Crippen LogP) is 7.96. The molecular formula is C41H58Cl4N10O9S. The number of rotatable bonds is 8. The SMILES string of the molecule is C.C.C.CC(C)(C)OC(=O)N1CCC(NC(=O)c2[nH]ncc2NC(=O)c2c(Cl)cccc2Cl)CC1.CS(=O)(=O)O.O=C(NC1CCNCC1)c1[nH]ncc1NC(=O)c1c(Cl)cccc1Cl. The Hall–Kier alpha value is -4.96. The van der Waals surface area contributed by atoms with Gasteiger partial charge in [-0.15, -0.1) is 0 Å². The van der Waals surface area contributed by atoms with Crippen LogP contribution in [0.2, 0.25) is 20.1 Å². The highest BCUT2D eigenvalue weighted by Crippen LogP contribution is 2.27. The summed E-state index contributed by atoms with van der Waals surface area (Å²) in [5.74, 6) is -1.79. The van der Waals surface area contributed by atoms with Crippen LogP contribution in [0, 0.1) is 0 Å². The molecule has 0 bridgehead atoms. The number of benzene rings is 2. The summed E-state index contributed by atoms with van der Waals surface area (Å²) in [4.78, 5) is 64.1. The number of carbonyl (C=O) groups is 5. The van der Waals surface area contributed by atoms with Gasteiger partial charge in [0.25, 0.3) is 33.7 Å². The van der Waals surface area contributed by atoms with E-state index in [0.29, 0.717) is 32.2 Å². The molecule has 0 atom stereocenters. The Labute approximate surface area is 399 Å². The summed E-state index contributed by atoms with van der Waals surface area (Å²) in [5, 5.41) is 28.1. The molecule has 19 nitrogen and oxygen atoms in total. The van der Waals surface area contributed by atoms with E-state index < -0.39 is 33.4 Å². The van der Waals surface area contributed by atoms with Gasteiger partial charge in [-0.25, -0.2) is 4.79 Å². The second kappa shape index (κ2) is 26.3. The molecule has 4 heterocycles. The first-order valence-electron chi connectivity index (χ1n) is 18.9. The number of anilines is 2. The number of amides is 5. The topological polar surface area (TPSA) is 270 Å². The Morgan fingerprint density at radius 3 is 1.40 bits per heavy atom. The maximum absolute atomic E-state index is 12.8. The number of nitrogens with one attached hydrogen (secondary N) is 7. The Kier molecular flexibility index (Phi) is 23.4. The lowest BCUT2D eigenvalue weighted by atomic mass is 10.1. The van der Waals surface area contributed by atoms with Crippen LogP contribution in [0.4, 0.5) is 16.2 Å². The van der Waals surface area contributed by atoms with Crippen molar-refractivity contribution in [1.82, 2.24) is 41.2 Å². The second-order valence-electron chi connectivity index (χ2n) is 14.9. The third-order valence-electron chi connectivity index (χ3n) is 8.77. The summed E-state index contributed by atoms with van der Waals surface area (Å²) in [6.45, 7) is 8.12. The number of ether oxygens (including phenoxy) is 1. The van der Waals surface area contributed by atoms with Gasteiger partial charge in [-0.1, -0.05) is 80.8 Å². The average Bonchev–Trinajstić information content (AvgIpc) is 3.84. The van der Waals surface area contributed by atoms with E-state index in [9.17, 15) is 32.4 Å². The summed E-state index contributed by atoms with van der Waals surface area (Å²) in [7, 11) is -3.67. The Morgan fingerprint density at radius 2 is 1.05 bits per heavy atom. The minimum Gasteiger partial charge on any atom is -0.444 e. The minimum atomic E-state index is -3.67. The number of piperidine rings is 2. The molecule has 0 unspecified atom stereocenters. The Morgan fingerprint density at radius 1 is 0.692 bits per heavy atom. The van der Waals surface area contributed by atoms with Gasteiger partial charge in [0.1, 0.15) is 17.0 Å². The zero-order valence-corrected chi connectivity index (χ0v) is 37.7. The third kappa shape index (κ3) is 18.4. The number of aromatic amines is 2. The minimum absolute atomic E-state index is 0. The van der Waals surface area contributed by atoms with Crippen LogP contribution < -0.4 is 26.6 Å². The molecule has 2 saturated heterocycles. The summed E-state index contributed by atoms with van der Waals surface area (Å²) < 4.78 is 31.3. The van der Waals surface area contributed by atoms with Crippen LogP contribution in [-0.2, 0) is 14.9 Å². The normalized spacial score (nSPS) is 13.9. The van der Waals surface area contributed by atoms with E-state index in [0.717, 1.165) is 25.9 Å². The van der Waals surface area contributed by atoms with Crippen LogP contribution in [0.25, 0.3) is 0 Å². The highest BCUT2D eigenvalue weighted by Gasteiger charge is 2.29. The maximum Gasteiger partial charge on any atom is 0.410 e. The third-order valence-corrected chi connectivity index (χ3v) is 10.0. The zero-order valence-electron chi connectivity index (χ0n) is 33.9. The summed E-state index contributed by atoms with van der Waals surface area (Å²) in [6.07, 6.45) is 5.94. The van der Waals surface area contributed by atoms with Crippen LogP contribution in [-0.4, -0.2) is 118 Å². The molecule has 0 saturated carbocycles. The van der Waals surface area contributed by atoms with E-state index in [2.05, 4.69) is 47.0 Å². The van der Waals surface area contributed by atoms with Gasteiger partial charge in [-0.3, -0.25) is 33.9 Å². The van der Waals surface area contributed by atoms with Gasteiger partial charge in [0.15, 0.2) is 0 Å². The first kappa shape index (κ1) is 58.1. The average molecular weight is 1010 g/mol. The highest BCUT2D eigenvalue weighted by molar-refractivity contribution is 7.85. The number of aromatic nitrogens is 4. The lowest BCUT2D eigenvalue weighted by Crippen LogP contribution is -2.47. The van der Waals surface area contributed by atoms with Crippen molar-refractivity contribution in [3.05, 3.63) is 91.4 Å². The van der Waals surface area contributed by atoms with E-state index in [4.69, 9.17) is 55.7 Å². The molecule has 360 valence electrons. The van der Waals surface area contributed by atoms with Crippen molar-refractivity contribution in [2.45, 2.75) is 86.4 Å². The molecule has 5 amide bonds. The second-order valence-corrected chi connectivity index (χ2v) is 18.0. The van der Waals surface area contributed by atoms with E-state index in [1.165, 1.54) is 12.4 Å². The molecule has 2 aliphatic rings. The van der Waals surface area contributed by atoms with Crippen LogP contribution in [0.1, 0.15) is 110 Å². The van der Waals surface area contributed by atoms with Crippen molar-refractivity contribution in [1.29, 1.82) is 0 Å². The predicted molar refractivity (Wildman–Crippen MR) is 255 cm³/mol. The molecule has 2 fully saturated rings. The molecule has 0 aliphatic carbocycles. The molecule has 6 rings (SSSR count). The van der Waals surface area contributed by atoms with E-state index in [-0.39, 0.29) is 100 Å². The Bertz CT molecular complexity index is 2290. The van der Waals surface area contributed by atoms with Gasteiger partial charge in [-0.2, -0.15) is 18.6 Å². The molecule has 0 spiro atoms. The standard InChI is InChI=1S/C21H25Cl2N5O4.C16H17Cl2N5O2.CH4O3S.3CH4/c1-21(2,3)32-20(31)28-9-7-12(8-10-28)25-19(30)17-15(11-24-27-17)26-18(29)16-13(22)5-4-6-14(16)23;17-10-2-1-3-11(18)13(10)15(24)22-12-8-20-23-14(12)16(25)21-9-4-6-19-7-5-9;1-5(2,3)4;;;/h4-6,11-12H,7-10H2,1-3H3,(H,24,27)(H,25,30)(H,26,29);1-3,8-9,19H,4-7H2,(H,20,23)(H,21,25)(H,22,24);1H3,(H,2,3,4);3*1H4. The fraction of sp³-hybridized carbons (Fsp3) is 0.439.